The first-order valence-electron chi connectivity index (χ1n) is 7.00. The van der Waals surface area contributed by atoms with Gasteiger partial charge in [0.1, 0.15) is 5.82 Å². The van der Waals surface area contributed by atoms with Gasteiger partial charge in [-0.2, -0.15) is 0 Å². The highest BCUT2D eigenvalue weighted by Gasteiger charge is 2.13. The normalized spacial score (nSPS) is 10.2. The quantitative estimate of drug-likeness (QED) is 0.731. The molecule has 120 valence electrons. The summed E-state index contributed by atoms with van der Waals surface area (Å²) in [6.45, 7) is 0. The van der Waals surface area contributed by atoms with Crippen LogP contribution in [0.5, 0.6) is 0 Å². The van der Waals surface area contributed by atoms with E-state index < -0.39 is 0 Å². The lowest BCUT2D eigenvalue weighted by molar-refractivity contribution is 0.101. The Morgan fingerprint density at radius 2 is 1.88 bits per heavy atom. The zero-order valence-electron chi connectivity index (χ0n) is 12.3. The third-order valence-electron chi connectivity index (χ3n) is 3.13. The molecule has 7 heteroatoms. The van der Waals surface area contributed by atoms with Crippen LogP contribution in [0.25, 0.3) is 0 Å². The molecule has 0 aliphatic heterocycles. The van der Waals surface area contributed by atoms with E-state index in [1.165, 1.54) is 17.4 Å². The second-order valence-corrected chi connectivity index (χ2v) is 6.15. The maximum atomic E-state index is 12.3. The van der Waals surface area contributed by atoms with E-state index >= 15 is 0 Å². The zero-order chi connectivity index (χ0) is 16.9. The first kappa shape index (κ1) is 16.2. The van der Waals surface area contributed by atoms with Crippen molar-refractivity contribution in [2.45, 2.75) is 0 Å². The number of aromatic nitrogens is 1. The second-order valence-electron chi connectivity index (χ2n) is 4.80. The van der Waals surface area contributed by atoms with Crippen molar-refractivity contribution in [3.63, 3.8) is 0 Å². The smallest absolute Gasteiger partial charge is 0.265 e. The number of carbonyl (C=O) groups is 2. The number of halogens is 1. The van der Waals surface area contributed by atoms with E-state index in [9.17, 15) is 9.59 Å². The number of hydrogen-bond donors (Lipinski definition) is 2. The van der Waals surface area contributed by atoms with Crippen molar-refractivity contribution in [2.24, 2.45) is 0 Å². The Balaban J connectivity index is 1.78. The van der Waals surface area contributed by atoms with Gasteiger partial charge in [-0.05, 0) is 41.8 Å². The standard InChI is InChI=1S/C17H12ClN3O2S/c18-12-7-6-11(16(22)21-15-5-1-2-8-19-15)10-13(12)20-17(23)14-4-3-9-24-14/h1-10H,(H,20,23)(H,19,21,22). The van der Waals surface area contributed by atoms with Crippen LogP contribution in [-0.2, 0) is 0 Å². The van der Waals surface area contributed by atoms with Gasteiger partial charge in [-0.3, -0.25) is 9.59 Å². The topological polar surface area (TPSA) is 71.1 Å². The van der Waals surface area contributed by atoms with Crippen molar-refractivity contribution < 1.29 is 9.59 Å². The van der Waals surface area contributed by atoms with Gasteiger partial charge in [0, 0.05) is 11.8 Å². The van der Waals surface area contributed by atoms with Crippen molar-refractivity contribution in [1.29, 1.82) is 0 Å². The molecule has 2 heterocycles. The van der Waals surface area contributed by atoms with Crippen LogP contribution in [0.3, 0.4) is 0 Å². The molecule has 2 N–H and O–H groups in total. The molecule has 2 aromatic heterocycles. The predicted octanol–water partition coefficient (Wildman–Crippen LogP) is 4.30. The highest BCUT2D eigenvalue weighted by Crippen LogP contribution is 2.24. The molecule has 0 radical (unpaired) electrons. The molecule has 0 saturated heterocycles. The van der Waals surface area contributed by atoms with Gasteiger partial charge in [0.05, 0.1) is 15.6 Å². The van der Waals surface area contributed by atoms with Gasteiger partial charge in [-0.25, -0.2) is 4.98 Å². The highest BCUT2D eigenvalue weighted by atomic mass is 35.5. The molecule has 0 spiro atoms. The van der Waals surface area contributed by atoms with Crippen molar-refractivity contribution in [3.05, 3.63) is 75.6 Å². The summed E-state index contributed by atoms with van der Waals surface area (Å²) in [7, 11) is 0. The zero-order valence-corrected chi connectivity index (χ0v) is 13.9. The Kier molecular flexibility index (Phi) is 4.88. The van der Waals surface area contributed by atoms with Crippen LogP contribution in [0.2, 0.25) is 5.02 Å². The molecule has 3 aromatic rings. The summed E-state index contributed by atoms with van der Waals surface area (Å²) in [5.74, 6) is -0.159. The summed E-state index contributed by atoms with van der Waals surface area (Å²) in [6, 6.07) is 13.4. The summed E-state index contributed by atoms with van der Waals surface area (Å²) in [5, 5.41) is 7.57. The molecule has 0 aliphatic rings. The molecule has 0 bridgehead atoms. The first-order chi connectivity index (χ1) is 11.6. The minimum Gasteiger partial charge on any atom is -0.320 e. The van der Waals surface area contributed by atoms with E-state index in [2.05, 4.69) is 15.6 Å². The number of nitrogens with one attached hydrogen (secondary N) is 2. The summed E-state index contributed by atoms with van der Waals surface area (Å²) in [5.41, 5.74) is 0.746. The summed E-state index contributed by atoms with van der Waals surface area (Å²) in [4.78, 5) is 29.0. The van der Waals surface area contributed by atoms with Crippen molar-refractivity contribution in [1.82, 2.24) is 4.98 Å². The molecule has 0 aliphatic carbocycles. The van der Waals surface area contributed by atoms with E-state index in [-0.39, 0.29) is 11.8 Å². The van der Waals surface area contributed by atoms with E-state index in [4.69, 9.17) is 11.6 Å². The SMILES string of the molecule is O=C(Nc1ccccn1)c1ccc(Cl)c(NC(=O)c2cccs2)c1. The predicted molar refractivity (Wildman–Crippen MR) is 95.9 cm³/mol. The van der Waals surface area contributed by atoms with Crippen LogP contribution in [0.4, 0.5) is 11.5 Å². The number of benzene rings is 1. The van der Waals surface area contributed by atoms with Crippen LogP contribution >= 0.6 is 22.9 Å². The molecule has 2 amide bonds. The lowest BCUT2D eigenvalue weighted by Gasteiger charge is -2.09. The number of amides is 2. The van der Waals surface area contributed by atoms with Gasteiger partial charge < -0.3 is 10.6 Å². The molecule has 0 fully saturated rings. The molecule has 0 atom stereocenters. The van der Waals surface area contributed by atoms with E-state index in [0.717, 1.165) is 0 Å². The van der Waals surface area contributed by atoms with Crippen LogP contribution in [-0.4, -0.2) is 16.8 Å². The van der Waals surface area contributed by atoms with Gasteiger partial charge >= 0.3 is 0 Å². The summed E-state index contributed by atoms with van der Waals surface area (Å²) in [6.07, 6.45) is 1.59. The van der Waals surface area contributed by atoms with Crippen LogP contribution < -0.4 is 10.6 Å². The number of thiophene rings is 1. The fourth-order valence-corrected chi connectivity index (χ4v) is 2.76. The minimum absolute atomic E-state index is 0.269. The molecular weight excluding hydrogens is 346 g/mol. The first-order valence-corrected chi connectivity index (χ1v) is 8.26. The molecule has 0 saturated carbocycles. The number of anilines is 2. The van der Waals surface area contributed by atoms with E-state index in [1.54, 1.807) is 48.7 Å². The minimum atomic E-state index is -0.336. The van der Waals surface area contributed by atoms with Crippen LogP contribution in [0.15, 0.2) is 60.1 Å². The van der Waals surface area contributed by atoms with E-state index in [1.807, 2.05) is 5.38 Å². The Morgan fingerprint density at radius 3 is 2.58 bits per heavy atom. The molecule has 0 unspecified atom stereocenters. The number of pyridine rings is 1. The lowest BCUT2D eigenvalue weighted by Crippen LogP contribution is -2.15. The Bertz CT molecular complexity index is 867. The Morgan fingerprint density at radius 1 is 1.00 bits per heavy atom. The average Bonchev–Trinajstić information content (AvgIpc) is 3.12. The average molecular weight is 358 g/mol. The second kappa shape index (κ2) is 7.25. The monoisotopic (exact) mass is 357 g/mol. The van der Waals surface area contributed by atoms with Gasteiger partial charge in [0.25, 0.3) is 11.8 Å². The van der Waals surface area contributed by atoms with Crippen molar-refractivity contribution >= 4 is 46.3 Å². The molecular formula is C17H12ClN3O2S. The van der Waals surface area contributed by atoms with Gasteiger partial charge in [0.2, 0.25) is 0 Å². The highest BCUT2D eigenvalue weighted by molar-refractivity contribution is 7.12. The number of nitrogens with zero attached hydrogens (tertiary/aromatic N) is 1. The van der Waals surface area contributed by atoms with E-state index in [0.29, 0.717) is 27.0 Å². The summed E-state index contributed by atoms with van der Waals surface area (Å²) >= 11 is 7.44. The van der Waals surface area contributed by atoms with Crippen LogP contribution in [0.1, 0.15) is 20.0 Å². The Labute approximate surface area is 147 Å². The van der Waals surface area contributed by atoms with Gasteiger partial charge in [-0.1, -0.05) is 23.7 Å². The summed E-state index contributed by atoms with van der Waals surface area (Å²) < 4.78 is 0. The molecule has 5 nitrogen and oxygen atoms in total. The van der Waals surface area contributed by atoms with Crippen molar-refractivity contribution in [3.8, 4) is 0 Å². The third kappa shape index (κ3) is 3.79. The maximum Gasteiger partial charge on any atom is 0.265 e. The van der Waals surface area contributed by atoms with Crippen molar-refractivity contribution in [2.75, 3.05) is 10.6 Å². The number of hydrogen-bond acceptors (Lipinski definition) is 4. The van der Waals surface area contributed by atoms with Gasteiger partial charge in [-0.15, -0.1) is 11.3 Å². The Hall–Kier alpha value is -2.70. The largest absolute Gasteiger partial charge is 0.320 e. The lowest BCUT2D eigenvalue weighted by atomic mass is 10.2. The van der Waals surface area contributed by atoms with Gasteiger partial charge in [0.15, 0.2) is 0 Å². The van der Waals surface area contributed by atoms with Crippen LogP contribution in [0, 0.1) is 0 Å². The fourth-order valence-electron chi connectivity index (χ4n) is 1.98. The maximum absolute atomic E-state index is 12.3. The number of carbonyl (C=O) groups excluding carboxylic acids is 2. The molecule has 3 rings (SSSR count). The number of rotatable bonds is 4. The molecule has 1 aromatic carbocycles. The molecule has 24 heavy (non-hydrogen) atoms. The fraction of sp³-hybridized carbons (Fsp3) is 0. The third-order valence-corrected chi connectivity index (χ3v) is 4.33.